The summed E-state index contributed by atoms with van der Waals surface area (Å²) in [6.07, 6.45) is 5.55. The summed E-state index contributed by atoms with van der Waals surface area (Å²) in [4.78, 5) is 28.0. The van der Waals surface area contributed by atoms with Gasteiger partial charge in [-0.15, -0.1) is 0 Å². The van der Waals surface area contributed by atoms with Gasteiger partial charge in [-0.2, -0.15) is 0 Å². The molecule has 7 nitrogen and oxygen atoms in total. The smallest absolute Gasteiger partial charge is 0.356 e. The van der Waals surface area contributed by atoms with E-state index in [1.807, 2.05) is 24.3 Å². The lowest BCUT2D eigenvalue weighted by molar-refractivity contribution is 0.0593. The van der Waals surface area contributed by atoms with E-state index in [9.17, 15) is 4.79 Å². The van der Waals surface area contributed by atoms with Gasteiger partial charge < -0.3 is 14.5 Å². The van der Waals surface area contributed by atoms with E-state index in [0.29, 0.717) is 6.42 Å². The van der Waals surface area contributed by atoms with Gasteiger partial charge in [0.15, 0.2) is 0 Å². The highest BCUT2D eigenvalue weighted by atomic mass is 16.5. The Kier molecular flexibility index (Phi) is 4.72. The van der Waals surface area contributed by atoms with Crippen molar-refractivity contribution in [3.63, 3.8) is 0 Å². The zero-order chi connectivity index (χ0) is 19.5. The first kappa shape index (κ1) is 17.7. The largest absolute Gasteiger partial charge is 0.497 e. The number of ether oxygens (including phenoxy) is 2. The maximum Gasteiger partial charge on any atom is 0.356 e. The lowest BCUT2D eigenvalue weighted by atomic mass is 10.0. The number of pyridine rings is 1. The van der Waals surface area contributed by atoms with Crippen LogP contribution in [0.25, 0.3) is 22.2 Å². The molecule has 0 bridgehead atoms. The van der Waals surface area contributed by atoms with Crippen LogP contribution in [0.4, 0.5) is 0 Å². The standard InChI is InChI=1S/C21H18N4O3/c1-27-15-6-7-16-17(8-14-4-3-5-18(24-14)21(26)28-2)20(25-19(16)9-15)13-10-22-12-23-11-13/h3-7,9-12,25H,8H2,1-2H3. The number of nitrogens with zero attached hydrogens (tertiary/aromatic N) is 3. The van der Waals surface area contributed by atoms with Crippen LogP contribution in [0.1, 0.15) is 21.7 Å². The predicted molar refractivity (Wildman–Crippen MR) is 104 cm³/mol. The third-order valence-corrected chi connectivity index (χ3v) is 4.52. The van der Waals surface area contributed by atoms with E-state index in [1.54, 1.807) is 31.6 Å². The van der Waals surface area contributed by atoms with E-state index in [-0.39, 0.29) is 5.69 Å². The number of methoxy groups -OCH3 is 2. The quantitative estimate of drug-likeness (QED) is 0.539. The van der Waals surface area contributed by atoms with Gasteiger partial charge in [-0.1, -0.05) is 6.07 Å². The number of aromatic amines is 1. The molecule has 1 N–H and O–H groups in total. The van der Waals surface area contributed by atoms with Gasteiger partial charge >= 0.3 is 5.97 Å². The molecule has 4 rings (SSSR count). The Morgan fingerprint density at radius 3 is 2.68 bits per heavy atom. The summed E-state index contributed by atoms with van der Waals surface area (Å²) in [5.41, 5.74) is 4.81. The van der Waals surface area contributed by atoms with E-state index in [0.717, 1.165) is 39.2 Å². The number of rotatable bonds is 5. The first-order valence-electron chi connectivity index (χ1n) is 8.68. The normalized spacial score (nSPS) is 10.8. The predicted octanol–water partition coefficient (Wildman–Crippen LogP) is 3.41. The fourth-order valence-corrected chi connectivity index (χ4v) is 3.20. The molecule has 0 spiro atoms. The number of benzene rings is 1. The van der Waals surface area contributed by atoms with Gasteiger partial charge in [-0.25, -0.2) is 19.7 Å². The highest BCUT2D eigenvalue weighted by Gasteiger charge is 2.16. The summed E-state index contributed by atoms with van der Waals surface area (Å²) in [6.45, 7) is 0. The second-order valence-corrected chi connectivity index (χ2v) is 6.20. The SMILES string of the molecule is COC(=O)c1cccc(Cc2c(-c3cncnc3)[nH]c3cc(OC)ccc23)n1. The molecule has 7 heteroatoms. The van der Waals surface area contributed by atoms with Crippen molar-refractivity contribution in [1.82, 2.24) is 19.9 Å². The van der Waals surface area contributed by atoms with Crippen LogP contribution in [0.15, 0.2) is 55.1 Å². The Labute approximate surface area is 161 Å². The molecule has 4 aromatic rings. The number of aromatic nitrogens is 4. The highest BCUT2D eigenvalue weighted by Crippen LogP contribution is 2.33. The molecule has 0 aliphatic rings. The Bertz CT molecular complexity index is 1140. The zero-order valence-corrected chi connectivity index (χ0v) is 15.5. The average Bonchev–Trinajstić information content (AvgIpc) is 3.11. The fourth-order valence-electron chi connectivity index (χ4n) is 3.20. The summed E-state index contributed by atoms with van der Waals surface area (Å²) in [5.74, 6) is 0.309. The van der Waals surface area contributed by atoms with Crippen molar-refractivity contribution >= 4 is 16.9 Å². The average molecular weight is 374 g/mol. The van der Waals surface area contributed by atoms with Crippen LogP contribution in [0.3, 0.4) is 0 Å². The van der Waals surface area contributed by atoms with Crippen molar-refractivity contribution in [2.75, 3.05) is 14.2 Å². The number of carbonyl (C=O) groups is 1. The molecule has 0 amide bonds. The number of hydrogen-bond acceptors (Lipinski definition) is 6. The van der Waals surface area contributed by atoms with Crippen molar-refractivity contribution in [3.8, 4) is 17.0 Å². The third-order valence-electron chi connectivity index (χ3n) is 4.52. The van der Waals surface area contributed by atoms with Gasteiger partial charge in [0.1, 0.15) is 17.8 Å². The molecule has 0 atom stereocenters. The lowest BCUT2D eigenvalue weighted by Crippen LogP contribution is -2.06. The maximum absolute atomic E-state index is 11.8. The number of carbonyl (C=O) groups excluding carboxylic acids is 1. The summed E-state index contributed by atoms with van der Waals surface area (Å²) in [5, 5.41) is 1.05. The van der Waals surface area contributed by atoms with Crippen LogP contribution in [-0.2, 0) is 11.2 Å². The molecule has 28 heavy (non-hydrogen) atoms. The van der Waals surface area contributed by atoms with Gasteiger partial charge in [-0.3, -0.25) is 0 Å². The molecule has 0 saturated carbocycles. The molecule has 0 radical (unpaired) electrons. The lowest BCUT2D eigenvalue weighted by Gasteiger charge is -2.06. The number of H-pyrrole nitrogens is 1. The van der Waals surface area contributed by atoms with E-state index >= 15 is 0 Å². The zero-order valence-electron chi connectivity index (χ0n) is 15.5. The molecule has 1 aromatic carbocycles. The molecule has 140 valence electrons. The van der Waals surface area contributed by atoms with Gasteiger partial charge in [0, 0.05) is 47.0 Å². The van der Waals surface area contributed by atoms with Crippen LogP contribution < -0.4 is 4.74 Å². The number of fused-ring (bicyclic) bond motifs is 1. The summed E-state index contributed by atoms with van der Waals surface area (Å²) < 4.78 is 10.1. The molecule has 0 fully saturated rings. The number of esters is 1. The Morgan fingerprint density at radius 2 is 1.93 bits per heavy atom. The molecule has 0 unspecified atom stereocenters. The van der Waals surface area contributed by atoms with Crippen LogP contribution in [0.2, 0.25) is 0 Å². The third kappa shape index (κ3) is 3.29. The molecular weight excluding hydrogens is 356 g/mol. The minimum Gasteiger partial charge on any atom is -0.497 e. The fraction of sp³-hybridized carbons (Fsp3) is 0.143. The van der Waals surface area contributed by atoms with E-state index in [2.05, 4.69) is 19.9 Å². The van der Waals surface area contributed by atoms with Gasteiger partial charge in [-0.05, 0) is 29.8 Å². The van der Waals surface area contributed by atoms with Crippen molar-refractivity contribution < 1.29 is 14.3 Å². The summed E-state index contributed by atoms with van der Waals surface area (Å²) in [7, 11) is 2.98. The first-order valence-corrected chi connectivity index (χ1v) is 8.68. The van der Waals surface area contributed by atoms with E-state index in [1.165, 1.54) is 13.4 Å². The van der Waals surface area contributed by atoms with Gasteiger partial charge in [0.25, 0.3) is 0 Å². The van der Waals surface area contributed by atoms with E-state index in [4.69, 9.17) is 9.47 Å². The molecular formula is C21H18N4O3. The highest BCUT2D eigenvalue weighted by molar-refractivity contribution is 5.92. The molecule has 3 aromatic heterocycles. The first-order chi connectivity index (χ1) is 13.7. The Hall–Kier alpha value is -3.74. The summed E-state index contributed by atoms with van der Waals surface area (Å²) in [6, 6.07) is 11.2. The van der Waals surface area contributed by atoms with Crippen molar-refractivity contribution in [1.29, 1.82) is 0 Å². The molecule has 0 aliphatic heterocycles. The number of hydrogen-bond donors (Lipinski definition) is 1. The van der Waals surface area contributed by atoms with Gasteiger partial charge in [0.05, 0.1) is 19.9 Å². The Balaban J connectivity index is 1.84. The topological polar surface area (TPSA) is 90.0 Å². The van der Waals surface area contributed by atoms with Crippen molar-refractivity contribution in [2.45, 2.75) is 6.42 Å². The van der Waals surface area contributed by atoms with Crippen LogP contribution in [0, 0.1) is 0 Å². The monoisotopic (exact) mass is 374 g/mol. The molecule has 3 heterocycles. The van der Waals surface area contributed by atoms with Crippen LogP contribution in [0.5, 0.6) is 5.75 Å². The van der Waals surface area contributed by atoms with Crippen LogP contribution in [-0.4, -0.2) is 40.1 Å². The minimum atomic E-state index is -0.456. The van der Waals surface area contributed by atoms with Gasteiger partial charge in [0.2, 0.25) is 0 Å². The Morgan fingerprint density at radius 1 is 1.11 bits per heavy atom. The molecule has 0 saturated heterocycles. The van der Waals surface area contributed by atoms with Crippen molar-refractivity contribution in [3.05, 3.63) is 72.1 Å². The van der Waals surface area contributed by atoms with E-state index < -0.39 is 5.97 Å². The number of nitrogens with one attached hydrogen (secondary N) is 1. The maximum atomic E-state index is 11.8. The summed E-state index contributed by atoms with van der Waals surface area (Å²) >= 11 is 0. The molecule has 0 aliphatic carbocycles. The second-order valence-electron chi connectivity index (χ2n) is 6.20. The second kappa shape index (κ2) is 7.48. The minimum absolute atomic E-state index is 0.283. The van der Waals surface area contributed by atoms with Crippen LogP contribution >= 0.6 is 0 Å². The van der Waals surface area contributed by atoms with Crippen molar-refractivity contribution in [2.24, 2.45) is 0 Å².